The number of aromatic nitrogens is 2. The van der Waals surface area contributed by atoms with Crippen LogP contribution >= 0.6 is 0 Å². The second kappa shape index (κ2) is 4.40. The molecule has 1 saturated heterocycles. The average Bonchev–Trinajstić information content (AvgIpc) is 2.65. The van der Waals surface area contributed by atoms with E-state index in [-0.39, 0.29) is 6.42 Å². The lowest BCUT2D eigenvalue weighted by Crippen LogP contribution is -2.34. The van der Waals surface area contributed by atoms with Crippen molar-refractivity contribution in [2.45, 2.75) is 24.9 Å². The first-order chi connectivity index (χ1) is 8.02. The van der Waals surface area contributed by atoms with Gasteiger partial charge >= 0.3 is 5.69 Å². The molecular weight excluding hydrogens is 235 g/mol. The van der Waals surface area contributed by atoms with Crippen LogP contribution in [-0.4, -0.2) is 38.6 Å². The molecule has 3 N–H and O–H groups in total. The minimum atomic E-state index is -1.12. The molecule has 0 unspecified atom stereocenters. The van der Waals surface area contributed by atoms with Crippen molar-refractivity contribution in [1.82, 2.24) is 9.55 Å². The van der Waals surface area contributed by atoms with E-state index in [1.54, 1.807) is 4.98 Å². The molecule has 0 radical (unpaired) electrons. The number of aliphatic hydroxyl groups excluding tert-OH is 2. The highest BCUT2D eigenvalue weighted by atomic mass is 19.1. The van der Waals surface area contributed by atoms with E-state index in [0.29, 0.717) is 0 Å². The van der Waals surface area contributed by atoms with Crippen LogP contribution in [0.5, 0.6) is 0 Å². The van der Waals surface area contributed by atoms with Gasteiger partial charge in [0.25, 0.3) is 5.56 Å². The van der Waals surface area contributed by atoms with Gasteiger partial charge in [0.15, 0.2) is 0 Å². The molecule has 0 aromatic carbocycles. The Morgan fingerprint density at radius 3 is 2.88 bits per heavy atom. The lowest BCUT2D eigenvalue weighted by molar-refractivity contribution is -0.0462. The quantitative estimate of drug-likeness (QED) is 0.578. The van der Waals surface area contributed by atoms with Gasteiger partial charge in [0.1, 0.15) is 12.3 Å². The third-order valence-electron chi connectivity index (χ3n) is 2.62. The van der Waals surface area contributed by atoms with Crippen LogP contribution in [0, 0.1) is 5.82 Å². The summed E-state index contributed by atoms with van der Waals surface area (Å²) in [5.74, 6) is -1.12. The average molecular weight is 246 g/mol. The van der Waals surface area contributed by atoms with Crippen molar-refractivity contribution in [3.05, 3.63) is 32.9 Å². The van der Waals surface area contributed by atoms with Crippen molar-refractivity contribution in [3.8, 4) is 0 Å². The molecule has 17 heavy (non-hydrogen) atoms. The Morgan fingerprint density at radius 1 is 1.59 bits per heavy atom. The second-order valence-electron chi connectivity index (χ2n) is 3.76. The topological polar surface area (TPSA) is 105 Å². The molecule has 0 spiro atoms. The minimum absolute atomic E-state index is 0.0383. The molecule has 94 valence electrons. The largest absolute Gasteiger partial charge is 0.394 e. The number of hydrogen-bond donors (Lipinski definition) is 3. The maximum absolute atomic E-state index is 13.0. The van der Waals surface area contributed by atoms with Gasteiger partial charge in [-0.2, -0.15) is 4.39 Å². The van der Waals surface area contributed by atoms with Gasteiger partial charge in [-0.15, -0.1) is 0 Å². The van der Waals surface area contributed by atoms with Crippen LogP contribution in [0.15, 0.2) is 15.8 Å². The molecule has 0 aliphatic carbocycles. The summed E-state index contributed by atoms with van der Waals surface area (Å²) in [5.41, 5.74) is -1.93. The van der Waals surface area contributed by atoms with Crippen LogP contribution in [0.3, 0.4) is 0 Å². The molecule has 1 fully saturated rings. The van der Waals surface area contributed by atoms with E-state index in [0.717, 1.165) is 10.8 Å². The van der Waals surface area contributed by atoms with Gasteiger partial charge in [0.2, 0.25) is 5.82 Å². The number of ether oxygens (including phenoxy) is 1. The summed E-state index contributed by atoms with van der Waals surface area (Å²) in [7, 11) is 0. The molecule has 3 atom stereocenters. The molecule has 8 heteroatoms. The van der Waals surface area contributed by atoms with E-state index in [9.17, 15) is 19.1 Å². The van der Waals surface area contributed by atoms with Crippen molar-refractivity contribution in [3.63, 3.8) is 0 Å². The van der Waals surface area contributed by atoms with E-state index >= 15 is 0 Å². The van der Waals surface area contributed by atoms with Crippen molar-refractivity contribution in [2.24, 2.45) is 0 Å². The third kappa shape index (κ3) is 2.14. The fraction of sp³-hybridized carbons (Fsp3) is 0.556. The zero-order valence-electron chi connectivity index (χ0n) is 8.67. The van der Waals surface area contributed by atoms with E-state index in [1.807, 2.05) is 0 Å². The Labute approximate surface area is 94.1 Å². The van der Waals surface area contributed by atoms with Crippen molar-refractivity contribution in [1.29, 1.82) is 0 Å². The van der Waals surface area contributed by atoms with Crippen LogP contribution in [0.25, 0.3) is 0 Å². The summed E-state index contributed by atoms with van der Waals surface area (Å²) in [6, 6.07) is 0. The number of H-pyrrole nitrogens is 1. The van der Waals surface area contributed by atoms with Crippen LogP contribution < -0.4 is 11.2 Å². The number of rotatable bonds is 2. The summed E-state index contributed by atoms with van der Waals surface area (Å²) in [4.78, 5) is 24.0. The molecule has 2 rings (SSSR count). The van der Waals surface area contributed by atoms with Crippen molar-refractivity contribution < 1.29 is 19.3 Å². The number of halogens is 1. The van der Waals surface area contributed by atoms with Gasteiger partial charge in [-0.1, -0.05) is 0 Å². The van der Waals surface area contributed by atoms with Gasteiger partial charge in [-0.25, -0.2) is 4.79 Å². The standard InChI is InChI=1S/C9H11FN2O5/c10-4-2-12(9(16)11-8(4)15)7-1-5(14)6(3-13)17-7/h2,5-7,13-14H,1,3H2,(H,11,15,16)/t5-,6+,7-/m1/s1. The third-order valence-corrected chi connectivity index (χ3v) is 2.62. The van der Waals surface area contributed by atoms with Crippen LogP contribution in [0.2, 0.25) is 0 Å². The fourth-order valence-electron chi connectivity index (χ4n) is 1.72. The Bertz CT molecular complexity index is 525. The molecule has 2 heterocycles. The highest BCUT2D eigenvalue weighted by Crippen LogP contribution is 2.26. The van der Waals surface area contributed by atoms with Gasteiger partial charge < -0.3 is 14.9 Å². The first kappa shape index (κ1) is 12.0. The number of hydrogen-bond acceptors (Lipinski definition) is 5. The Hall–Kier alpha value is -1.51. The lowest BCUT2D eigenvalue weighted by atomic mass is 10.2. The predicted octanol–water partition coefficient (Wildman–Crippen LogP) is -1.68. The highest BCUT2D eigenvalue weighted by Gasteiger charge is 2.35. The number of nitrogens with zero attached hydrogens (tertiary/aromatic N) is 1. The second-order valence-corrected chi connectivity index (χ2v) is 3.76. The first-order valence-electron chi connectivity index (χ1n) is 4.98. The summed E-state index contributed by atoms with van der Waals surface area (Å²) < 4.78 is 19.0. The fourth-order valence-corrected chi connectivity index (χ4v) is 1.72. The predicted molar refractivity (Wildman–Crippen MR) is 52.9 cm³/mol. The maximum atomic E-state index is 13.0. The molecule has 1 aromatic rings. The normalized spacial score (nSPS) is 28.5. The van der Waals surface area contributed by atoms with Gasteiger partial charge in [0, 0.05) is 6.42 Å². The number of aliphatic hydroxyl groups is 2. The Balaban J connectivity index is 2.34. The van der Waals surface area contributed by atoms with E-state index in [1.165, 1.54) is 0 Å². The van der Waals surface area contributed by atoms with Gasteiger partial charge in [-0.05, 0) is 0 Å². The summed E-state index contributed by atoms with van der Waals surface area (Å²) in [5, 5.41) is 18.3. The zero-order valence-corrected chi connectivity index (χ0v) is 8.67. The maximum Gasteiger partial charge on any atom is 0.330 e. The van der Waals surface area contributed by atoms with Crippen LogP contribution in [0.4, 0.5) is 4.39 Å². The van der Waals surface area contributed by atoms with Crippen LogP contribution in [-0.2, 0) is 4.74 Å². The molecule has 7 nitrogen and oxygen atoms in total. The summed E-state index contributed by atoms with van der Waals surface area (Å²) >= 11 is 0. The number of aromatic amines is 1. The SMILES string of the molecule is O=c1[nH]c(=O)n([C@H]2C[C@@H](O)[C@H](CO)O2)cc1F. The highest BCUT2D eigenvalue weighted by molar-refractivity contribution is 4.90. The van der Waals surface area contributed by atoms with Gasteiger partial charge in [-0.3, -0.25) is 14.3 Å². The minimum Gasteiger partial charge on any atom is -0.394 e. The molecular formula is C9H11FN2O5. The van der Waals surface area contributed by atoms with E-state index in [4.69, 9.17) is 9.84 Å². The molecule has 0 saturated carbocycles. The van der Waals surface area contributed by atoms with E-state index in [2.05, 4.69) is 0 Å². The van der Waals surface area contributed by atoms with Crippen molar-refractivity contribution in [2.75, 3.05) is 6.61 Å². The number of nitrogens with one attached hydrogen (secondary N) is 1. The molecule has 0 amide bonds. The Kier molecular flexibility index (Phi) is 3.09. The zero-order chi connectivity index (χ0) is 12.6. The molecule has 1 aromatic heterocycles. The summed E-state index contributed by atoms with van der Waals surface area (Å²) in [6.07, 6.45) is -1.90. The lowest BCUT2D eigenvalue weighted by Gasteiger charge is -2.13. The van der Waals surface area contributed by atoms with Gasteiger partial charge in [0.05, 0.1) is 18.9 Å². The van der Waals surface area contributed by atoms with Crippen LogP contribution in [0.1, 0.15) is 12.6 Å². The first-order valence-corrected chi connectivity index (χ1v) is 4.98. The molecule has 1 aliphatic rings. The van der Waals surface area contributed by atoms with E-state index < -0.39 is 42.1 Å². The molecule has 0 bridgehead atoms. The summed E-state index contributed by atoms with van der Waals surface area (Å²) in [6.45, 7) is -0.405. The molecule has 1 aliphatic heterocycles. The van der Waals surface area contributed by atoms with Crippen molar-refractivity contribution >= 4 is 0 Å². The monoisotopic (exact) mass is 246 g/mol. The Morgan fingerprint density at radius 2 is 2.29 bits per heavy atom. The smallest absolute Gasteiger partial charge is 0.330 e.